The Bertz CT molecular complexity index is 624. The van der Waals surface area contributed by atoms with Crippen molar-refractivity contribution in [2.45, 2.75) is 51.8 Å². The molecule has 2 nitrogen and oxygen atoms in total. The first-order chi connectivity index (χ1) is 11.6. The number of benzene rings is 2. The molecule has 2 rings (SSSR count). The van der Waals surface area contributed by atoms with Gasteiger partial charge in [-0.15, -0.1) is 11.6 Å². The van der Waals surface area contributed by atoms with Gasteiger partial charge in [0.15, 0.2) is 0 Å². The maximum Gasteiger partial charge on any atom is 0.119 e. The van der Waals surface area contributed by atoms with Gasteiger partial charge in [-0.3, -0.25) is 0 Å². The van der Waals surface area contributed by atoms with Crippen molar-refractivity contribution in [1.82, 2.24) is 0 Å². The summed E-state index contributed by atoms with van der Waals surface area (Å²) >= 11 is 6.13. The zero-order valence-electron chi connectivity index (χ0n) is 15.1. The molecule has 0 bridgehead atoms. The highest BCUT2D eigenvalue weighted by Crippen LogP contribution is 2.25. The molecule has 0 aliphatic rings. The van der Waals surface area contributed by atoms with Crippen LogP contribution in [0.2, 0.25) is 0 Å². The van der Waals surface area contributed by atoms with Crippen LogP contribution in [0.5, 0.6) is 11.5 Å². The van der Waals surface area contributed by atoms with Crippen molar-refractivity contribution in [3.8, 4) is 11.5 Å². The highest BCUT2D eigenvalue weighted by molar-refractivity contribution is 6.20. The lowest BCUT2D eigenvalue weighted by molar-refractivity contribution is 0.271. The lowest BCUT2D eigenvalue weighted by atomic mass is 10.1. The first-order valence-corrected chi connectivity index (χ1v) is 9.45. The highest BCUT2D eigenvalue weighted by Gasteiger charge is 2.03. The fraction of sp³-hybridized carbons (Fsp3) is 0.524. The Balaban J connectivity index is 1.86. The van der Waals surface area contributed by atoms with Gasteiger partial charge in [-0.25, -0.2) is 0 Å². The topological polar surface area (TPSA) is 18.5 Å². The van der Waals surface area contributed by atoms with Crippen molar-refractivity contribution < 1.29 is 9.47 Å². The van der Waals surface area contributed by atoms with E-state index in [4.69, 9.17) is 21.1 Å². The normalized spacial score (nSPS) is 12.5. The molecular formula is C21H29ClO2. The smallest absolute Gasteiger partial charge is 0.119 e. The van der Waals surface area contributed by atoms with Crippen molar-refractivity contribution in [3.63, 3.8) is 0 Å². The lowest BCUT2D eigenvalue weighted by Crippen LogP contribution is -2.04. The SMILES string of the molecule is CCC(Cl)CCCCOc1ccc2cc(OCC(C)C)ccc2c1. The van der Waals surface area contributed by atoms with E-state index in [-0.39, 0.29) is 0 Å². The summed E-state index contributed by atoms with van der Waals surface area (Å²) in [5, 5.41) is 2.66. The molecule has 3 heteroatoms. The van der Waals surface area contributed by atoms with Gasteiger partial charge in [0.05, 0.1) is 13.2 Å². The predicted molar refractivity (Wildman–Crippen MR) is 104 cm³/mol. The van der Waals surface area contributed by atoms with Crippen LogP contribution >= 0.6 is 11.6 Å². The molecular weight excluding hydrogens is 320 g/mol. The van der Waals surface area contributed by atoms with Crippen LogP contribution in [0.3, 0.4) is 0 Å². The van der Waals surface area contributed by atoms with E-state index < -0.39 is 0 Å². The highest BCUT2D eigenvalue weighted by atomic mass is 35.5. The molecule has 0 saturated heterocycles. The summed E-state index contributed by atoms with van der Waals surface area (Å²) in [7, 11) is 0. The summed E-state index contributed by atoms with van der Waals surface area (Å²) in [6, 6.07) is 12.4. The molecule has 132 valence electrons. The van der Waals surface area contributed by atoms with E-state index >= 15 is 0 Å². The molecule has 1 unspecified atom stereocenters. The Morgan fingerprint density at radius 2 is 1.54 bits per heavy atom. The average molecular weight is 349 g/mol. The van der Waals surface area contributed by atoms with Crippen molar-refractivity contribution in [2.24, 2.45) is 5.92 Å². The Hall–Kier alpha value is -1.41. The number of unbranched alkanes of at least 4 members (excludes halogenated alkanes) is 1. The van der Waals surface area contributed by atoms with E-state index in [2.05, 4.69) is 45.0 Å². The fourth-order valence-corrected chi connectivity index (χ4v) is 2.66. The van der Waals surface area contributed by atoms with Crippen LogP contribution in [-0.2, 0) is 0 Å². The van der Waals surface area contributed by atoms with E-state index in [1.165, 1.54) is 10.8 Å². The molecule has 1 atom stereocenters. The maximum atomic E-state index is 6.13. The van der Waals surface area contributed by atoms with Crippen LogP contribution < -0.4 is 9.47 Å². The molecule has 0 fully saturated rings. The van der Waals surface area contributed by atoms with Crippen LogP contribution in [0, 0.1) is 5.92 Å². The quantitative estimate of drug-likeness (QED) is 0.363. The molecule has 0 aromatic heterocycles. The molecule has 0 amide bonds. The number of hydrogen-bond acceptors (Lipinski definition) is 2. The van der Waals surface area contributed by atoms with E-state index in [0.29, 0.717) is 11.3 Å². The van der Waals surface area contributed by atoms with Gasteiger partial charge in [0.1, 0.15) is 11.5 Å². The first kappa shape index (κ1) is 18.9. The van der Waals surface area contributed by atoms with Crippen molar-refractivity contribution in [1.29, 1.82) is 0 Å². The molecule has 24 heavy (non-hydrogen) atoms. The summed E-state index contributed by atoms with van der Waals surface area (Å²) in [6.07, 6.45) is 4.27. The van der Waals surface area contributed by atoms with Crippen LogP contribution in [0.25, 0.3) is 10.8 Å². The number of rotatable bonds is 10. The second kappa shape index (κ2) is 9.78. The van der Waals surface area contributed by atoms with Gasteiger partial charge in [-0.1, -0.05) is 32.9 Å². The van der Waals surface area contributed by atoms with E-state index in [1.807, 2.05) is 12.1 Å². The minimum atomic E-state index is 0.303. The van der Waals surface area contributed by atoms with Crippen molar-refractivity contribution >= 4 is 22.4 Å². The molecule has 0 aliphatic heterocycles. The number of halogens is 1. The van der Waals surface area contributed by atoms with Gasteiger partial charge in [0.2, 0.25) is 0 Å². The van der Waals surface area contributed by atoms with Crippen LogP contribution in [0.1, 0.15) is 46.5 Å². The zero-order valence-corrected chi connectivity index (χ0v) is 15.8. The summed E-state index contributed by atoms with van der Waals surface area (Å²) in [5.41, 5.74) is 0. The molecule has 2 aromatic rings. The van der Waals surface area contributed by atoms with Gasteiger partial charge in [0.25, 0.3) is 0 Å². The summed E-state index contributed by atoms with van der Waals surface area (Å²) < 4.78 is 11.6. The minimum absolute atomic E-state index is 0.303. The number of ether oxygens (including phenoxy) is 2. The van der Waals surface area contributed by atoms with E-state index in [1.54, 1.807) is 0 Å². The van der Waals surface area contributed by atoms with E-state index in [0.717, 1.165) is 50.4 Å². The van der Waals surface area contributed by atoms with Crippen molar-refractivity contribution in [3.05, 3.63) is 36.4 Å². The van der Waals surface area contributed by atoms with Gasteiger partial charge < -0.3 is 9.47 Å². The Morgan fingerprint density at radius 1 is 0.917 bits per heavy atom. The van der Waals surface area contributed by atoms with Crippen LogP contribution in [-0.4, -0.2) is 18.6 Å². The monoisotopic (exact) mass is 348 g/mol. The predicted octanol–water partition coefficient (Wildman–Crippen LogP) is 6.44. The van der Waals surface area contributed by atoms with E-state index in [9.17, 15) is 0 Å². The summed E-state index contributed by atoms with van der Waals surface area (Å²) in [4.78, 5) is 0. The van der Waals surface area contributed by atoms with Gasteiger partial charge in [-0.2, -0.15) is 0 Å². The molecule has 2 aromatic carbocycles. The molecule has 0 radical (unpaired) electrons. The summed E-state index contributed by atoms with van der Waals surface area (Å²) in [6.45, 7) is 7.92. The Morgan fingerprint density at radius 3 is 2.12 bits per heavy atom. The van der Waals surface area contributed by atoms with Gasteiger partial charge in [-0.05, 0) is 66.6 Å². The lowest BCUT2D eigenvalue weighted by Gasteiger charge is -2.11. The third kappa shape index (κ3) is 6.24. The number of hydrogen-bond donors (Lipinski definition) is 0. The zero-order chi connectivity index (χ0) is 17.4. The third-order valence-electron chi connectivity index (χ3n) is 3.99. The largest absolute Gasteiger partial charge is 0.494 e. The van der Waals surface area contributed by atoms with Crippen LogP contribution in [0.15, 0.2) is 36.4 Å². The first-order valence-electron chi connectivity index (χ1n) is 9.02. The van der Waals surface area contributed by atoms with Gasteiger partial charge >= 0.3 is 0 Å². The number of alkyl halides is 1. The Labute approximate surface area is 151 Å². The Kier molecular flexibility index (Phi) is 7.71. The van der Waals surface area contributed by atoms with Crippen molar-refractivity contribution in [2.75, 3.05) is 13.2 Å². The molecule has 0 spiro atoms. The number of fused-ring (bicyclic) bond motifs is 1. The standard InChI is InChI=1S/C21H29ClO2/c1-4-19(22)7-5-6-12-23-20-10-8-18-14-21(24-15-16(2)3)11-9-17(18)13-20/h8-11,13-14,16,19H,4-7,12,15H2,1-3H3. The molecule has 0 aliphatic carbocycles. The third-order valence-corrected chi connectivity index (χ3v) is 4.52. The minimum Gasteiger partial charge on any atom is -0.494 e. The second-order valence-corrected chi connectivity index (χ2v) is 7.34. The second-order valence-electron chi connectivity index (χ2n) is 6.73. The average Bonchev–Trinajstić information content (AvgIpc) is 2.59. The summed E-state index contributed by atoms with van der Waals surface area (Å²) in [5.74, 6) is 2.38. The molecule has 0 N–H and O–H groups in total. The molecule has 0 heterocycles. The fourth-order valence-electron chi connectivity index (χ4n) is 2.51. The van der Waals surface area contributed by atoms with Crippen LogP contribution in [0.4, 0.5) is 0 Å². The van der Waals surface area contributed by atoms with Gasteiger partial charge in [0, 0.05) is 5.38 Å². The molecule has 0 saturated carbocycles. The maximum absolute atomic E-state index is 6.13.